The Morgan fingerprint density at radius 1 is 1.71 bits per heavy atom. The van der Waals surface area contributed by atoms with Gasteiger partial charge in [0.25, 0.3) is 0 Å². The van der Waals surface area contributed by atoms with Crippen molar-refractivity contribution in [3.63, 3.8) is 0 Å². The lowest BCUT2D eigenvalue weighted by Crippen LogP contribution is -2.27. The molecule has 1 heterocycles. The molecule has 14 heavy (non-hydrogen) atoms. The number of carbonyl (C=O) groups excluding carboxylic acids is 1. The second kappa shape index (κ2) is 4.71. The van der Waals surface area contributed by atoms with Crippen molar-refractivity contribution >= 4 is 23.3 Å². The zero-order valence-electron chi connectivity index (χ0n) is 7.47. The quantitative estimate of drug-likeness (QED) is 0.586. The monoisotopic (exact) mass is 215 g/mol. The molecule has 0 saturated carbocycles. The molecule has 0 saturated heterocycles. The van der Waals surface area contributed by atoms with Gasteiger partial charge in [-0.1, -0.05) is 0 Å². The van der Waals surface area contributed by atoms with E-state index >= 15 is 0 Å². The van der Waals surface area contributed by atoms with Crippen molar-refractivity contribution in [1.29, 1.82) is 0 Å². The Morgan fingerprint density at radius 3 is 2.86 bits per heavy atom. The predicted octanol–water partition coefficient (Wildman–Crippen LogP) is 0.559. The Hall–Kier alpha value is -1.43. The Bertz CT molecular complexity index is 322. The van der Waals surface area contributed by atoms with E-state index in [-0.39, 0.29) is 6.42 Å². The SMILES string of the molecule is COC(=O)C(Cc1cscn1)C(=O)O. The molecule has 1 atom stereocenters. The number of carbonyl (C=O) groups is 2. The fourth-order valence-corrected chi connectivity index (χ4v) is 1.53. The summed E-state index contributed by atoms with van der Waals surface area (Å²) in [5, 5.41) is 10.5. The third-order valence-electron chi connectivity index (χ3n) is 1.68. The van der Waals surface area contributed by atoms with Gasteiger partial charge in [0.2, 0.25) is 0 Å². The van der Waals surface area contributed by atoms with Crippen LogP contribution in [0.5, 0.6) is 0 Å². The maximum atomic E-state index is 11.1. The van der Waals surface area contributed by atoms with Gasteiger partial charge in [0.15, 0.2) is 5.92 Å². The van der Waals surface area contributed by atoms with Gasteiger partial charge in [-0.05, 0) is 0 Å². The molecule has 0 aromatic carbocycles. The van der Waals surface area contributed by atoms with Crippen LogP contribution in [0.3, 0.4) is 0 Å². The minimum absolute atomic E-state index is 0.0749. The number of carboxylic acid groups (broad SMARTS) is 1. The number of hydrogen-bond donors (Lipinski definition) is 1. The summed E-state index contributed by atoms with van der Waals surface area (Å²) >= 11 is 1.36. The van der Waals surface area contributed by atoms with E-state index in [4.69, 9.17) is 5.11 Å². The second-order valence-electron chi connectivity index (χ2n) is 2.60. The lowest BCUT2D eigenvalue weighted by atomic mass is 10.0. The highest BCUT2D eigenvalue weighted by Crippen LogP contribution is 2.10. The van der Waals surface area contributed by atoms with Gasteiger partial charge in [0.05, 0.1) is 18.3 Å². The maximum absolute atomic E-state index is 11.1. The number of ether oxygens (including phenoxy) is 1. The van der Waals surface area contributed by atoms with Gasteiger partial charge in [0, 0.05) is 11.8 Å². The normalized spacial score (nSPS) is 12.1. The van der Waals surface area contributed by atoms with Crippen LogP contribution in [0.4, 0.5) is 0 Å². The van der Waals surface area contributed by atoms with E-state index in [2.05, 4.69) is 9.72 Å². The van der Waals surface area contributed by atoms with Crippen LogP contribution in [0.25, 0.3) is 0 Å². The molecule has 0 aliphatic rings. The van der Waals surface area contributed by atoms with Gasteiger partial charge in [-0.3, -0.25) is 9.59 Å². The molecule has 0 aliphatic carbocycles. The Labute approximate surface area is 84.3 Å². The summed E-state index contributed by atoms with van der Waals surface area (Å²) in [5.74, 6) is -3.10. The van der Waals surface area contributed by atoms with Gasteiger partial charge in [-0.2, -0.15) is 0 Å². The van der Waals surface area contributed by atoms with E-state index in [0.717, 1.165) is 0 Å². The molecule has 5 nitrogen and oxygen atoms in total. The Kier molecular flexibility index (Phi) is 3.58. The van der Waals surface area contributed by atoms with Crippen molar-refractivity contribution < 1.29 is 19.4 Å². The van der Waals surface area contributed by atoms with Crippen LogP contribution < -0.4 is 0 Å². The van der Waals surface area contributed by atoms with Crippen LogP contribution in [-0.2, 0) is 20.7 Å². The van der Waals surface area contributed by atoms with E-state index in [1.807, 2.05) is 0 Å². The van der Waals surface area contributed by atoms with Gasteiger partial charge < -0.3 is 9.84 Å². The molecular formula is C8H9NO4S. The lowest BCUT2D eigenvalue weighted by molar-refractivity contribution is -0.156. The number of carboxylic acids is 1. The van der Waals surface area contributed by atoms with E-state index in [1.54, 1.807) is 10.9 Å². The van der Waals surface area contributed by atoms with Crippen LogP contribution in [0.1, 0.15) is 5.69 Å². The molecule has 76 valence electrons. The van der Waals surface area contributed by atoms with E-state index in [0.29, 0.717) is 5.69 Å². The molecule has 1 aromatic rings. The molecule has 0 radical (unpaired) electrons. The summed E-state index contributed by atoms with van der Waals surface area (Å²) < 4.78 is 4.38. The smallest absolute Gasteiger partial charge is 0.320 e. The number of esters is 1. The standard InChI is InChI=1S/C8H9NO4S/c1-13-8(12)6(7(10)11)2-5-3-14-4-9-5/h3-4,6H,2H2,1H3,(H,10,11). The summed E-state index contributed by atoms with van der Waals surface area (Å²) in [7, 11) is 1.17. The number of aromatic nitrogens is 1. The van der Waals surface area contributed by atoms with Gasteiger partial charge in [-0.15, -0.1) is 11.3 Å². The molecule has 0 spiro atoms. The zero-order valence-corrected chi connectivity index (χ0v) is 8.28. The Balaban J connectivity index is 2.70. The van der Waals surface area contributed by atoms with Gasteiger partial charge >= 0.3 is 11.9 Å². The van der Waals surface area contributed by atoms with Crippen molar-refractivity contribution in [3.8, 4) is 0 Å². The largest absolute Gasteiger partial charge is 0.481 e. The second-order valence-corrected chi connectivity index (χ2v) is 3.32. The minimum atomic E-state index is -1.19. The number of hydrogen-bond acceptors (Lipinski definition) is 5. The van der Waals surface area contributed by atoms with Crippen molar-refractivity contribution in [1.82, 2.24) is 4.98 Å². The van der Waals surface area contributed by atoms with Crippen molar-refractivity contribution in [3.05, 3.63) is 16.6 Å². The molecule has 0 bridgehead atoms. The summed E-state index contributed by atoms with van der Waals surface area (Å²) in [5.41, 5.74) is 2.18. The van der Waals surface area contributed by atoms with Crippen LogP contribution in [-0.4, -0.2) is 29.1 Å². The molecule has 1 aromatic heterocycles. The molecule has 0 amide bonds. The topological polar surface area (TPSA) is 76.5 Å². The van der Waals surface area contributed by atoms with Crippen molar-refractivity contribution in [2.45, 2.75) is 6.42 Å². The highest BCUT2D eigenvalue weighted by Gasteiger charge is 2.27. The van der Waals surface area contributed by atoms with Gasteiger partial charge in [0.1, 0.15) is 0 Å². The van der Waals surface area contributed by atoms with Crippen molar-refractivity contribution in [2.24, 2.45) is 5.92 Å². The van der Waals surface area contributed by atoms with Crippen molar-refractivity contribution in [2.75, 3.05) is 7.11 Å². The minimum Gasteiger partial charge on any atom is -0.481 e. The molecule has 6 heteroatoms. The first-order chi connectivity index (χ1) is 6.65. The Morgan fingerprint density at radius 2 is 2.43 bits per heavy atom. The summed E-state index contributed by atoms with van der Waals surface area (Å²) in [6.45, 7) is 0. The summed E-state index contributed by atoms with van der Waals surface area (Å²) in [4.78, 5) is 25.7. The molecule has 0 aliphatic heterocycles. The zero-order chi connectivity index (χ0) is 10.6. The first kappa shape index (κ1) is 10.6. The van der Waals surface area contributed by atoms with Crippen LogP contribution in [0.15, 0.2) is 10.9 Å². The number of thiazole rings is 1. The molecule has 0 fully saturated rings. The molecule has 1 unspecified atom stereocenters. The average molecular weight is 215 g/mol. The third-order valence-corrected chi connectivity index (χ3v) is 2.32. The number of rotatable bonds is 4. The fraction of sp³-hybridized carbons (Fsp3) is 0.375. The van der Waals surface area contributed by atoms with Gasteiger partial charge in [-0.25, -0.2) is 4.98 Å². The first-order valence-corrected chi connectivity index (χ1v) is 4.77. The van der Waals surface area contributed by atoms with Crippen LogP contribution in [0.2, 0.25) is 0 Å². The molecule has 1 N–H and O–H groups in total. The summed E-state index contributed by atoms with van der Waals surface area (Å²) in [6, 6.07) is 0. The first-order valence-electron chi connectivity index (χ1n) is 3.83. The van der Waals surface area contributed by atoms with E-state index < -0.39 is 17.9 Å². The summed E-state index contributed by atoms with van der Waals surface area (Å²) in [6.07, 6.45) is 0.0749. The van der Waals surface area contributed by atoms with E-state index in [9.17, 15) is 9.59 Å². The highest BCUT2D eigenvalue weighted by molar-refractivity contribution is 7.07. The molecular weight excluding hydrogens is 206 g/mol. The third kappa shape index (κ3) is 2.53. The average Bonchev–Trinajstić information content (AvgIpc) is 2.65. The number of nitrogens with zero attached hydrogens (tertiary/aromatic N) is 1. The predicted molar refractivity (Wildman–Crippen MR) is 49.0 cm³/mol. The lowest BCUT2D eigenvalue weighted by Gasteiger charge is -2.07. The maximum Gasteiger partial charge on any atom is 0.320 e. The molecule has 1 rings (SSSR count). The van der Waals surface area contributed by atoms with Crippen LogP contribution in [0, 0.1) is 5.92 Å². The highest BCUT2D eigenvalue weighted by atomic mass is 32.1. The van der Waals surface area contributed by atoms with E-state index in [1.165, 1.54) is 18.4 Å². The fourth-order valence-electron chi connectivity index (χ4n) is 0.961. The van der Waals surface area contributed by atoms with Crippen LogP contribution >= 0.6 is 11.3 Å². The number of methoxy groups -OCH3 is 1. The number of aliphatic carboxylic acids is 1.